The number of anilines is 1. The summed E-state index contributed by atoms with van der Waals surface area (Å²) in [6.07, 6.45) is 1.66. The molecule has 0 saturated carbocycles. The number of aromatic nitrogens is 2. The van der Waals surface area contributed by atoms with E-state index in [1.165, 1.54) is 0 Å². The van der Waals surface area contributed by atoms with Gasteiger partial charge < -0.3 is 19.7 Å². The molecule has 0 bridgehead atoms. The molecule has 1 heterocycles. The first-order valence-electron chi connectivity index (χ1n) is 7.56. The molecule has 0 fully saturated rings. The topological polar surface area (TPSA) is 93.6 Å². The van der Waals surface area contributed by atoms with Crippen molar-refractivity contribution in [2.45, 2.75) is 0 Å². The number of ether oxygens (including phenoxy) is 1. The van der Waals surface area contributed by atoms with Crippen molar-refractivity contribution in [3.63, 3.8) is 0 Å². The van der Waals surface area contributed by atoms with Gasteiger partial charge in [0.2, 0.25) is 0 Å². The molecule has 0 spiro atoms. The molecule has 0 unspecified atom stereocenters. The number of carbonyl (C=O) groups is 1. The summed E-state index contributed by atoms with van der Waals surface area (Å²) >= 11 is 0. The van der Waals surface area contributed by atoms with Gasteiger partial charge in [-0.05, 0) is 35.3 Å². The molecule has 126 valence electrons. The Labute approximate surface area is 144 Å². The van der Waals surface area contributed by atoms with Gasteiger partial charge in [0, 0.05) is 18.0 Å². The molecular formula is C17H16BN3O4. The predicted octanol–water partition coefficient (Wildman–Crippen LogP) is 1.21. The largest absolute Gasteiger partial charge is 0.561 e. The molecular weight excluding hydrogens is 321 g/mol. The highest BCUT2D eigenvalue weighted by molar-refractivity contribution is 6.61. The Kier molecular flexibility index (Phi) is 4.81. The number of fused-ring (bicyclic) bond motifs is 1. The van der Waals surface area contributed by atoms with Gasteiger partial charge in [-0.1, -0.05) is 12.1 Å². The first-order chi connectivity index (χ1) is 12.2. The van der Waals surface area contributed by atoms with Gasteiger partial charge >= 0.3 is 7.12 Å². The zero-order chi connectivity index (χ0) is 17.8. The second-order valence-electron chi connectivity index (χ2n) is 5.28. The lowest BCUT2D eigenvalue weighted by atomic mass is 9.78. The van der Waals surface area contributed by atoms with Gasteiger partial charge in [0.25, 0.3) is 6.47 Å². The van der Waals surface area contributed by atoms with Crippen molar-refractivity contribution in [1.82, 2.24) is 10.2 Å². The summed E-state index contributed by atoms with van der Waals surface area (Å²) < 4.78 is 10.0. The van der Waals surface area contributed by atoms with Gasteiger partial charge in [-0.25, -0.2) is 0 Å². The van der Waals surface area contributed by atoms with Crippen LogP contribution in [-0.2, 0) is 9.45 Å². The fourth-order valence-electron chi connectivity index (χ4n) is 2.66. The van der Waals surface area contributed by atoms with Crippen molar-refractivity contribution in [1.29, 1.82) is 0 Å². The van der Waals surface area contributed by atoms with Gasteiger partial charge in [0.05, 0.1) is 24.5 Å². The summed E-state index contributed by atoms with van der Waals surface area (Å²) in [6.45, 7) is 0.208. The van der Waals surface area contributed by atoms with Crippen LogP contribution in [0.1, 0.15) is 0 Å². The average molecular weight is 337 g/mol. The molecule has 8 heteroatoms. The van der Waals surface area contributed by atoms with E-state index in [2.05, 4.69) is 20.2 Å². The van der Waals surface area contributed by atoms with Crippen LogP contribution in [0, 0.1) is 0 Å². The first-order valence-corrected chi connectivity index (χ1v) is 7.56. The van der Waals surface area contributed by atoms with E-state index in [0.717, 1.165) is 27.7 Å². The van der Waals surface area contributed by atoms with Crippen LogP contribution in [0.5, 0.6) is 5.75 Å². The highest BCUT2D eigenvalue weighted by Crippen LogP contribution is 2.32. The van der Waals surface area contributed by atoms with E-state index < -0.39 is 7.12 Å². The van der Waals surface area contributed by atoms with Crippen LogP contribution in [0.2, 0.25) is 0 Å². The van der Waals surface area contributed by atoms with Gasteiger partial charge in [-0.2, -0.15) is 10.2 Å². The zero-order valence-corrected chi connectivity index (χ0v) is 13.8. The van der Waals surface area contributed by atoms with E-state index in [-0.39, 0.29) is 6.47 Å². The summed E-state index contributed by atoms with van der Waals surface area (Å²) in [5, 5.41) is 22.1. The van der Waals surface area contributed by atoms with Crippen LogP contribution in [0.4, 0.5) is 5.69 Å². The molecule has 0 aliphatic rings. The average Bonchev–Trinajstić information content (AvgIpc) is 2.66. The van der Waals surface area contributed by atoms with Crippen LogP contribution < -0.4 is 15.5 Å². The third-order valence-electron chi connectivity index (χ3n) is 3.91. The molecule has 0 atom stereocenters. The van der Waals surface area contributed by atoms with Crippen molar-refractivity contribution < 1.29 is 19.2 Å². The molecule has 2 N–H and O–H groups in total. The van der Waals surface area contributed by atoms with E-state index in [1.807, 2.05) is 25.2 Å². The molecule has 2 aromatic carbocycles. The SMILES string of the molecule is CNc1cnnc2cc(-c3cc(B(O)OC=O)ccc3OC)ccc12. The maximum atomic E-state index is 10.4. The lowest BCUT2D eigenvalue weighted by Crippen LogP contribution is -2.33. The Hall–Kier alpha value is -3.13. The molecule has 0 aliphatic carbocycles. The maximum Gasteiger partial charge on any atom is 0.561 e. The highest BCUT2D eigenvalue weighted by Gasteiger charge is 2.20. The second kappa shape index (κ2) is 7.19. The van der Waals surface area contributed by atoms with Crippen molar-refractivity contribution in [2.75, 3.05) is 19.5 Å². The Balaban J connectivity index is 2.12. The van der Waals surface area contributed by atoms with E-state index in [9.17, 15) is 9.82 Å². The van der Waals surface area contributed by atoms with Crippen molar-refractivity contribution >= 4 is 35.6 Å². The van der Waals surface area contributed by atoms with E-state index >= 15 is 0 Å². The standard InChI is InChI=1S/C17H16BN3O4/c1-19-16-9-20-21-15-7-11(3-5-13(15)16)14-8-12(18(23)25-10-22)4-6-17(14)24-2/h3-10,23H,1-2H3,(H,19,21). The smallest absolute Gasteiger partial charge is 0.508 e. The third-order valence-corrected chi connectivity index (χ3v) is 3.91. The van der Waals surface area contributed by atoms with Crippen molar-refractivity contribution in [3.8, 4) is 16.9 Å². The van der Waals surface area contributed by atoms with E-state index in [1.54, 1.807) is 31.5 Å². The molecule has 3 aromatic rings. The Bertz CT molecular complexity index is 920. The Morgan fingerprint density at radius 3 is 2.80 bits per heavy atom. The zero-order valence-electron chi connectivity index (χ0n) is 13.8. The minimum absolute atomic E-state index is 0.208. The van der Waals surface area contributed by atoms with Crippen LogP contribution >= 0.6 is 0 Å². The second-order valence-corrected chi connectivity index (χ2v) is 5.28. The molecule has 25 heavy (non-hydrogen) atoms. The Morgan fingerprint density at radius 1 is 1.24 bits per heavy atom. The van der Waals surface area contributed by atoms with Gasteiger partial charge in [0.15, 0.2) is 0 Å². The molecule has 0 aliphatic heterocycles. The van der Waals surface area contributed by atoms with Gasteiger partial charge in [0.1, 0.15) is 5.75 Å². The first kappa shape index (κ1) is 16.7. The normalized spacial score (nSPS) is 10.4. The summed E-state index contributed by atoms with van der Waals surface area (Å²) in [5.74, 6) is 0.624. The van der Waals surface area contributed by atoms with Crippen molar-refractivity contribution in [2.24, 2.45) is 0 Å². The minimum atomic E-state index is -1.33. The van der Waals surface area contributed by atoms with E-state index in [0.29, 0.717) is 11.2 Å². The number of nitrogens with one attached hydrogen (secondary N) is 1. The van der Waals surface area contributed by atoms with Crippen LogP contribution in [0.15, 0.2) is 42.6 Å². The lowest BCUT2D eigenvalue weighted by Gasteiger charge is -2.13. The quantitative estimate of drug-likeness (QED) is 0.516. The number of benzene rings is 2. The number of hydrogen-bond donors (Lipinski definition) is 2. The summed E-state index contributed by atoms with van der Waals surface area (Å²) in [6, 6.07) is 10.8. The summed E-state index contributed by atoms with van der Waals surface area (Å²) in [4.78, 5) is 10.4. The monoisotopic (exact) mass is 337 g/mol. The van der Waals surface area contributed by atoms with Crippen LogP contribution in [0.3, 0.4) is 0 Å². The maximum absolute atomic E-state index is 10.4. The number of rotatable bonds is 6. The fourth-order valence-corrected chi connectivity index (χ4v) is 2.66. The third kappa shape index (κ3) is 3.24. The fraction of sp³-hybridized carbons (Fsp3) is 0.118. The Morgan fingerprint density at radius 2 is 2.08 bits per heavy atom. The van der Waals surface area contributed by atoms with Crippen molar-refractivity contribution in [3.05, 3.63) is 42.6 Å². The molecule has 0 amide bonds. The molecule has 1 aromatic heterocycles. The van der Waals surface area contributed by atoms with E-state index in [4.69, 9.17) is 4.74 Å². The molecule has 0 saturated heterocycles. The number of carbonyl (C=O) groups excluding carboxylic acids is 1. The molecule has 7 nitrogen and oxygen atoms in total. The van der Waals surface area contributed by atoms with Gasteiger partial charge in [-0.15, -0.1) is 0 Å². The summed E-state index contributed by atoms with van der Waals surface area (Å²) in [5.41, 5.74) is 3.63. The number of methoxy groups -OCH3 is 1. The highest BCUT2D eigenvalue weighted by atomic mass is 16.5. The predicted molar refractivity (Wildman–Crippen MR) is 95.8 cm³/mol. The lowest BCUT2D eigenvalue weighted by molar-refractivity contribution is -0.121. The molecule has 3 rings (SSSR count). The minimum Gasteiger partial charge on any atom is -0.508 e. The number of nitrogens with zero attached hydrogens (tertiary/aromatic N) is 2. The summed E-state index contributed by atoms with van der Waals surface area (Å²) in [7, 11) is 2.06. The molecule has 0 radical (unpaired) electrons. The van der Waals surface area contributed by atoms with Crippen LogP contribution in [0.25, 0.3) is 22.0 Å². The van der Waals surface area contributed by atoms with Crippen LogP contribution in [-0.4, -0.2) is 43.0 Å². The number of hydrogen-bond acceptors (Lipinski definition) is 7. The van der Waals surface area contributed by atoms with Gasteiger partial charge in [-0.3, -0.25) is 4.79 Å².